The van der Waals surface area contributed by atoms with E-state index in [1.165, 1.54) is 0 Å². The van der Waals surface area contributed by atoms with Crippen LogP contribution in [0.25, 0.3) is 0 Å². The Morgan fingerprint density at radius 3 is 1.91 bits per heavy atom. The van der Waals surface area contributed by atoms with Gasteiger partial charge in [-0.1, -0.05) is 12.1 Å². The minimum absolute atomic E-state index is 0.0901. The molecule has 2 aromatic rings. The standard InChI is InChI=1S/C17H16ClNO3/c1-21-13-7-3-11(4-8-13)16-15(18)17(20)19(16)12-5-9-14(22-2)10-6-12/h3-10,15-16H,1-2H3/t15-,16+/m1/s1. The first-order valence-corrected chi connectivity index (χ1v) is 7.34. The molecule has 0 unspecified atom stereocenters. The number of nitrogens with zero attached hydrogens (tertiary/aromatic N) is 1. The Labute approximate surface area is 134 Å². The van der Waals surface area contributed by atoms with Crippen LogP contribution in [-0.4, -0.2) is 25.5 Å². The van der Waals surface area contributed by atoms with Crippen LogP contribution in [0.4, 0.5) is 5.69 Å². The zero-order chi connectivity index (χ0) is 15.7. The highest BCUT2D eigenvalue weighted by molar-refractivity contribution is 6.37. The van der Waals surface area contributed by atoms with Crippen molar-refractivity contribution >= 4 is 23.2 Å². The Kier molecular flexibility index (Phi) is 3.94. The van der Waals surface area contributed by atoms with Gasteiger partial charge in [0, 0.05) is 5.69 Å². The van der Waals surface area contributed by atoms with Gasteiger partial charge >= 0.3 is 0 Å². The molecule has 4 nitrogen and oxygen atoms in total. The summed E-state index contributed by atoms with van der Waals surface area (Å²) in [6, 6.07) is 14.8. The van der Waals surface area contributed by atoms with Gasteiger partial charge < -0.3 is 14.4 Å². The normalized spacial score (nSPS) is 20.5. The van der Waals surface area contributed by atoms with Crippen LogP contribution in [0.1, 0.15) is 11.6 Å². The summed E-state index contributed by atoms with van der Waals surface area (Å²) in [6.07, 6.45) is 0. The number of halogens is 1. The van der Waals surface area contributed by atoms with Crippen LogP contribution in [0.5, 0.6) is 11.5 Å². The number of ether oxygens (including phenoxy) is 2. The number of anilines is 1. The van der Waals surface area contributed by atoms with Gasteiger partial charge in [0.25, 0.3) is 0 Å². The zero-order valence-corrected chi connectivity index (χ0v) is 13.1. The van der Waals surface area contributed by atoms with E-state index in [9.17, 15) is 4.79 Å². The van der Waals surface area contributed by atoms with E-state index in [2.05, 4.69) is 0 Å². The van der Waals surface area contributed by atoms with Crippen molar-refractivity contribution in [2.75, 3.05) is 19.1 Å². The molecule has 0 aliphatic carbocycles. The SMILES string of the molecule is COc1ccc([C@H]2[C@@H](Cl)C(=O)N2c2ccc(OC)cc2)cc1. The molecule has 0 aromatic heterocycles. The van der Waals surface area contributed by atoms with E-state index >= 15 is 0 Å². The number of hydrogen-bond donors (Lipinski definition) is 0. The van der Waals surface area contributed by atoms with Gasteiger partial charge in [-0.15, -0.1) is 11.6 Å². The van der Waals surface area contributed by atoms with E-state index in [4.69, 9.17) is 21.1 Å². The molecule has 0 bridgehead atoms. The Balaban J connectivity index is 1.89. The third-order valence-electron chi connectivity index (χ3n) is 3.84. The predicted molar refractivity (Wildman–Crippen MR) is 85.9 cm³/mol. The van der Waals surface area contributed by atoms with E-state index in [1.807, 2.05) is 48.5 Å². The van der Waals surface area contributed by atoms with Gasteiger partial charge in [0.05, 0.1) is 20.3 Å². The molecule has 5 heteroatoms. The molecular formula is C17H16ClNO3. The maximum atomic E-state index is 12.2. The van der Waals surface area contributed by atoms with Crippen LogP contribution in [0.3, 0.4) is 0 Å². The van der Waals surface area contributed by atoms with Crippen LogP contribution in [0.15, 0.2) is 48.5 Å². The average molecular weight is 318 g/mol. The third-order valence-corrected chi connectivity index (χ3v) is 4.26. The maximum absolute atomic E-state index is 12.2. The number of hydrogen-bond acceptors (Lipinski definition) is 3. The molecule has 0 N–H and O–H groups in total. The minimum Gasteiger partial charge on any atom is -0.497 e. The number of alkyl halides is 1. The Hall–Kier alpha value is -2.20. The quantitative estimate of drug-likeness (QED) is 0.641. The summed E-state index contributed by atoms with van der Waals surface area (Å²) >= 11 is 6.23. The van der Waals surface area contributed by atoms with Gasteiger partial charge in [-0.2, -0.15) is 0 Å². The number of carbonyl (C=O) groups excluding carboxylic acids is 1. The van der Waals surface area contributed by atoms with E-state index in [0.29, 0.717) is 0 Å². The van der Waals surface area contributed by atoms with Crippen molar-refractivity contribution in [1.82, 2.24) is 0 Å². The lowest BCUT2D eigenvalue weighted by Crippen LogP contribution is -2.56. The summed E-state index contributed by atoms with van der Waals surface area (Å²) < 4.78 is 10.3. The Morgan fingerprint density at radius 1 is 0.909 bits per heavy atom. The fraction of sp³-hybridized carbons (Fsp3) is 0.235. The zero-order valence-electron chi connectivity index (χ0n) is 12.3. The van der Waals surface area contributed by atoms with Crippen LogP contribution < -0.4 is 14.4 Å². The van der Waals surface area contributed by atoms with Crippen molar-refractivity contribution in [1.29, 1.82) is 0 Å². The molecule has 2 aromatic carbocycles. The van der Waals surface area contributed by atoms with Crippen molar-refractivity contribution < 1.29 is 14.3 Å². The first kappa shape index (κ1) is 14.7. The lowest BCUT2D eigenvalue weighted by atomic mass is 9.92. The molecule has 1 saturated heterocycles. The van der Waals surface area contributed by atoms with Gasteiger partial charge in [-0.3, -0.25) is 4.79 Å². The predicted octanol–water partition coefficient (Wildman–Crippen LogP) is 3.40. The van der Waals surface area contributed by atoms with Crippen LogP contribution in [0.2, 0.25) is 0 Å². The summed E-state index contributed by atoms with van der Waals surface area (Å²) in [7, 11) is 3.23. The highest BCUT2D eigenvalue weighted by Gasteiger charge is 2.47. The first-order chi connectivity index (χ1) is 10.7. The summed E-state index contributed by atoms with van der Waals surface area (Å²) in [5.41, 5.74) is 1.79. The molecule has 1 heterocycles. The lowest BCUT2D eigenvalue weighted by molar-refractivity contribution is -0.123. The van der Waals surface area contributed by atoms with E-state index < -0.39 is 5.38 Å². The van der Waals surface area contributed by atoms with Crippen LogP contribution in [0, 0.1) is 0 Å². The fourth-order valence-corrected chi connectivity index (χ4v) is 2.97. The molecule has 1 aliphatic heterocycles. The summed E-state index contributed by atoms with van der Waals surface area (Å²) in [5, 5.41) is -0.546. The number of methoxy groups -OCH3 is 2. The summed E-state index contributed by atoms with van der Waals surface area (Å²) in [5.74, 6) is 1.43. The minimum atomic E-state index is -0.546. The largest absolute Gasteiger partial charge is 0.497 e. The lowest BCUT2D eigenvalue weighted by Gasteiger charge is -2.44. The molecule has 0 saturated carbocycles. The first-order valence-electron chi connectivity index (χ1n) is 6.91. The van der Waals surface area contributed by atoms with Gasteiger partial charge in [0.15, 0.2) is 0 Å². The Bertz CT molecular complexity index is 669. The molecular weight excluding hydrogens is 302 g/mol. The molecule has 1 fully saturated rings. The average Bonchev–Trinajstić information content (AvgIpc) is 2.59. The molecule has 0 radical (unpaired) electrons. The second-order valence-corrected chi connectivity index (χ2v) is 5.50. The highest BCUT2D eigenvalue weighted by atomic mass is 35.5. The number of benzene rings is 2. The Morgan fingerprint density at radius 2 is 1.41 bits per heavy atom. The second kappa shape index (κ2) is 5.89. The third kappa shape index (κ3) is 2.40. The molecule has 1 amide bonds. The van der Waals surface area contributed by atoms with Crippen molar-refractivity contribution in [3.05, 3.63) is 54.1 Å². The van der Waals surface area contributed by atoms with Gasteiger partial charge in [0.2, 0.25) is 5.91 Å². The molecule has 114 valence electrons. The molecule has 1 aliphatic rings. The maximum Gasteiger partial charge on any atom is 0.248 e. The number of amides is 1. The monoisotopic (exact) mass is 317 g/mol. The molecule has 0 spiro atoms. The fourth-order valence-electron chi connectivity index (χ4n) is 2.60. The van der Waals surface area contributed by atoms with E-state index in [-0.39, 0.29) is 11.9 Å². The summed E-state index contributed by atoms with van der Waals surface area (Å²) in [6.45, 7) is 0. The second-order valence-electron chi connectivity index (χ2n) is 5.03. The molecule has 3 rings (SSSR count). The van der Waals surface area contributed by atoms with Gasteiger partial charge in [0.1, 0.15) is 16.9 Å². The van der Waals surface area contributed by atoms with Crippen LogP contribution >= 0.6 is 11.6 Å². The van der Waals surface area contributed by atoms with Gasteiger partial charge in [-0.25, -0.2) is 0 Å². The van der Waals surface area contributed by atoms with Crippen molar-refractivity contribution in [2.24, 2.45) is 0 Å². The molecule has 22 heavy (non-hydrogen) atoms. The topological polar surface area (TPSA) is 38.8 Å². The van der Waals surface area contributed by atoms with Crippen molar-refractivity contribution in [2.45, 2.75) is 11.4 Å². The van der Waals surface area contributed by atoms with E-state index in [0.717, 1.165) is 22.7 Å². The number of β-lactam (4-membered cyclic amide) rings is 1. The van der Waals surface area contributed by atoms with Gasteiger partial charge in [-0.05, 0) is 42.0 Å². The van der Waals surface area contributed by atoms with Crippen molar-refractivity contribution in [3.63, 3.8) is 0 Å². The summed E-state index contributed by atoms with van der Waals surface area (Å²) in [4.78, 5) is 13.9. The number of rotatable bonds is 4. The van der Waals surface area contributed by atoms with Crippen LogP contribution in [-0.2, 0) is 4.79 Å². The van der Waals surface area contributed by atoms with E-state index in [1.54, 1.807) is 19.1 Å². The number of carbonyl (C=O) groups is 1. The molecule has 2 atom stereocenters. The highest BCUT2D eigenvalue weighted by Crippen LogP contribution is 2.42. The smallest absolute Gasteiger partial charge is 0.248 e. The van der Waals surface area contributed by atoms with Crippen molar-refractivity contribution in [3.8, 4) is 11.5 Å².